The van der Waals surface area contributed by atoms with Crippen LogP contribution in [-0.2, 0) is 11.3 Å². The molecule has 2 aliphatic heterocycles. The zero-order valence-corrected chi connectivity index (χ0v) is 18.9. The number of ether oxygens (including phenoxy) is 4. The summed E-state index contributed by atoms with van der Waals surface area (Å²) >= 11 is 0. The highest BCUT2D eigenvalue weighted by Crippen LogP contribution is 2.31. The maximum absolute atomic E-state index is 10.9. The number of nitrogens with one attached hydrogen (secondary N) is 1. The van der Waals surface area contributed by atoms with Crippen molar-refractivity contribution in [1.82, 2.24) is 20.3 Å². The van der Waals surface area contributed by atoms with Crippen molar-refractivity contribution >= 4 is 11.0 Å². The molecule has 10 nitrogen and oxygen atoms in total. The maximum atomic E-state index is 10.9. The van der Waals surface area contributed by atoms with Gasteiger partial charge in [-0.1, -0.05) is 0 Å². The fourth-order valence-electron chi connectivity index (χ4n) is 4.30. The lowest BCUT2D eigenvalue weighted by molar-refractivity contribution is -0.114. The van der Waals surface area contributed by atoms with E-state index in [1.807, 2.05) is 6.07 Å². The van der Waals surface area contributed by atoms with Gasteiger partial charge in [0.15, 0.2) is 11.5 Å². The van der Waals surface area contributed by atoms with Crippen LogP contribution in [-0.4, -0.2) is 70.3 Å². The summed E-state index contributed by atoms with van der Waals surface area (Å²) < 4.78 is 22.2. The van der Waals surface area contributed by atoms with Crippen LogP contribution < -0.4 is 19.5 Å². The van der Waals surface area contributed by atoms with E-state index in [0.717, 1.165) is 12.1 Å². The van der Waals surface area contributed by atoms with Crippen LogP contribution in [0.25, 0.3) is 11.0 Å². The minimum atomic E-state index is -1.17. The lowest BCUT2D eigenvalue weighted by atomic mass is 9.94. The van der Waals surface area contributed by atoms with Crippen molar-refractivity contribution in [1.29, 1.82) is 0 Å². The molecule has 1 fully saturated rings. The van der Waals surface area contributed by atoms with Gasteiger partial charge in [-0.25, -0.2) is 4.98 Å². The lowest BCUT2D eigenvalue weighted by Gasteiger charge is -2.34. The molecule has 0 spiro atoms. The monoisotopic (exact) mass is 468 g/mol. The first-order chi connectivity index (χ1) is 16.6. The topological polar surface area (TPSA) is 128 Å². The van der Waals surface area contributed by atoms with Crippen molar-refractivity contribution < 1.29 is 29.2 Å². The molecule has 1 saturated heterocycles. The van der Waals surface area contributed by atoms with Gasteiger partial charge in [0.05, 0.1) is 42.7 Å². The van der Waals surface area contributed by atoms with E-state index >= 15 is 0 Å². The molecular formula is C24H28N4O6. The van der Waals surface area contributed by atoms with Crippen LogP contribution in [0.1, 0.15) is 30.2 Å². The molecule has 0 aromatic carbocycles. The summed E-state index contributed by atoms with van der Waals surface area (Å²) in [6.45, 7) is 2.06. The molecule has 180 valence electrons. The highest BCUT2D eigenvalue weighted by Gasteiger charge is 2.33. The second-order valence-electron chi connectivity index (χ2n) is 8.40. The van der Waals surface area contributed by atoms with E-state index in [1.54, 1.807) is 30.6 Å². The van der Waals surface area contributed by atoms with Crippen LogP contribution in [0.5, 0.6) is 17.4 Å². The lowest BCUT2D eigenvalue weighted by Crippen LogP contribution is -2.45. The molecule has 5 rings (SSSR count). The summed E-state index contributed by atoms with van der Waals surface area (Å²) in [4.78, 5) is 13.1. The van der Waals surface area contributed by atoms with Gasteiger partial charge in [-0.05, 0) is 25.0 Å². The van der Waals surface area contributed by atoms with Gasteiger partial charge in [-0.2, -0.15) is 0 Å². The third-order valence-corrected chi connectivity index (χ3v) is 6.19. The first kappa shape index (κ1) is 22.7. The molecule has 34 heavy (non-hydrogen) atoms. The van der Waals surface area contributed by atoms with Gasteiger partial charge in [-0.15, -0.1) is 0 Å². The van der Waals surface area contributed by atoms with Crippen molar-refractivity contribution in [2.75, 3.05) is 26.9 Å². The van der Waals surface area contributed by atoms with Gasteiger partial charge in [0.2, 0.25) is 5.88 Å². The summed E-state index contributed by atoms with van der Waals surface area (Å²) in [6.07, 6.45) is 1.92. The molecule has 0 unspecified atom stereocenters. The zero-order valence-electron chi connectivity index (χ0n) is 18.9. The number of aliphatic hydroxyl groups excluding tert-OH is 2. The molecule has 0 amide bonds. The predicted molar refractivity (Wildman–Crippen MR) is 122 cm³/mol. The molecule has 3 N–H and O–H groups in total. The van der Waals surface area contributed by atoms with Gasteiger partial charge in [0, 0.05) is 36.5 Å². The van der Waals surface area contributed by atoms with E-state index in [1.165, 1.54) is 7.11 Å². The number of fused-ring (bicyclic) bond motifs is 2. The van der Waals surface area contributed by atoms with Crippen LogP contribution in [0.15, 0.2) is 36.7 Å². The molecule has 4 atom stereocenters. The zero-order chi connectivity index (χ0) is 23.5. The first-order valence-corrected chi connectivity index (χ1v) is 11.4. The van der Waals surface area contributed by atoms with Crippen LogP contribution in [0.3, 0.4) is 0 Å². The second-order valence-corrected chi connectivity index (χ2v) is 8.40. The molecule has 5 heterocycles. The maximum Gasteiger partial charge on any atom is 0.213 e. The fraction of sp³-hybridized carbons (Fsp3) is 0.458. The number of pyridine rings is 3. The standard InChI is InChI=1S/C24H28N4O6/c1-31-21-5-3-17-22(28-21)16(6-7-25-17)23(29)24(30)18-4-2-14(13-34-18)26-11-15-10-19-20(12-27-15)33-9-8-32-19/h3,5-7,10,12,14,18,23-24,26,29-30H,2,4,8-9,11,13H2,1H3/t14-,18+,23-,24-/m1/s1. The largest absolute Gasteiger partial charge is 0.486 e. The Morgan fingerprint density at radius 3 is 2.76 bits per heavy atom. The summed E-state index contributed by atoms with van der Waals surface area (Å²) in [6, 6.07) is 7.14. The van der Waals surface area contributed by atoms with Gasteiger partial charge < -0.3 is 34.5 Å². The van der Waals surface area contributed by atoms with Crippen molar-refractivity contribution in [3.8, 4) is 17.4 Å². The van der Waals surface area contributed by atoms with E-state index in [-0.39, 0.29) is 6.04 Å². The van der Waals surface area contributed by atoms with Crippen molar-refractivity contribution in [3.05, 3.63) is 47.9 Å². The number of rotatable bonds is 7. The second kappa shape index (κ2) is 10.1. The normalized spacial score (nSPS) is 21.7. The average Bonchev–Trinajstić information content (AvgIpc) is 2.90. The molecule has 10 heteroatoms. The molecular weight excluding hydrogens is 440 g/mol. The van der Waals surface area contributed by atoms with Gasteiger partial charge in [-0.3, -0.25) is 9.97 Å². The Hall–Kier alpha value is -3.05. The first-order valence-electron chi connectivity index (χ1n) is 11.4. The van der Waals surface area contributed by atoms with Crippen molar-refractivity contribution in [3.63, 3.8) is 0 Å². The Balaban J connectivity index is 1.17. The fourth-order valence-corrected chi connectivity index (χ4v) is 4.30. The minimum absolute atomic E-state index is 0.114. The smallest absolute Gasteiger partial charge is 0.213 e. The Morgan fingerprint density at radius 1 is 1.12 bits per heavy atom. The van der Waals surface area contributed by atoms with E-state index in [4.69, 9.17) is 18.9 Å². The van der Waals surface area contributed by atoms with Crippen molar-refractivity contribution in [2.24, 2.45) is 0 Å². The van der Waals surface area contributed by atoms with Crippen LogP contribution in [0.4, 0.5) is 0 Å². The summed E-state index contributed by atoms with van der Waals surface area (Å²) in [5.74, 6) is 1.80. The number of hydrogen-bond acceptors (Lipinski definition) is 10. The summed E-state index contributed by atoms with van der Waals surface area (Å²) in [5.41, 5.74) is 2.46. The Morgan fingerprint density at radius 2 is 1.97 bits per heavy atom. The van der Waals surface area contributed by atoms with E-state index in [9.17, 15) is 10.2 Å². The third kappa shape index (κ3) is 4.76. The van der Waals surface area contributed by atoms with Crippen molar-refractivity contribution in [2.45, 2.75) is 43.7 Å². The molecule has 0 bridgehead atoms. The number of methoxy groups -OCH3 is 1. The Kier molecular flexibility index (Phi) is 6.73. The molecule has 3 aromatic rings. The van der Waals surface area contributed by atoms with E-state index in [0.29, 0.717) is 66.8 Å². The predicted octanol–water partition coefficient (Wildman–Crippen LogP) is 1.54. The Bertz CT molecular complexity index is 1140. The quantitative estimate of drug-likeness (QED) is 0.470. The SMILES string of the molecule is COc1ccc2nccc([C@@H](O)[C@H](O)[C@@H]3CC[C@@H](NCc4cc5c(cn4)OCCO5)CO3)c2n1. The summed E-state index contributed by atoms with van der Waals surface area (Å²) in [7, 11) is 1.53. The molecule has 2 aliphatic rings. The average molecular weight is 469 g/mol. The van der Waals surface area contributed by atoms with Crippen LogP contribution in [0.2, 0.25) is 0 Å². The van der Waals surface area contributed by atoms with Gasteiger partial charge in [0.1, 0.15) is 25.4 Å². The number of aromatic nitrogens is 3. The molecule has 3 aromatic heterocycles. The van der Waals surface area contributed by atoms with E-state index < -0.39 is 18.3 Å². The van der Waals surface area contributed by atoms with Crippen LogP contribution in [0, 0.1) is 0 Å². The number of hydrogen-bond donors (Lipinski definition) is 3. The van der Waals surface area contributed by atoms with Crippen LogP contribution >= 0.6 is 0 Å². The number of nitrogens with zero attached hydrogens (tertiary/aromatic N) is 3. The van der Waals surface area contributed by atoms with E-state index in [2.05, 4.69) is 20.3 Å². The third-order valence-electron chi connectivity index (χ3n) is 6.19. The summed E-state index contributed by atoms with van der Waals surface area (Å²) in [5, 5.41) is 25.3. The molecule has 0 radical (unpaired) electrons. The Labute approximate surface area is 196 Å². The van der Waals surface area contributed by atoms with Gasteiger partial charge in [0.25, 0.3) is 0 Å². The van der Waals surface area contributed by atoms with Gasteiger partial charge >= 0.3 is 0 Å². The molecule has 0 saturated carbocycles. The highest BCUT2D eigenvalue weighted by molar-refractivity contribution is 5.78. The molecule has 0 aliphatic carbocycles. The number of aliphatic hydroxyl groups is 2. The highest BCUT2D eigenvalue weighted by atomic mass is 16.6. The minimum Gasteiger partial charge on any atom is -0.486 e.